The lowest BCUT2D eigenvalue weighted by Gasteiger charge is -2.38. The zero-order valence-corrected chi connectivity index (χ0v) is 16.7. The van der Waals surface area contributed by atoms with Crippen molar-refractivity contribution < 1.29 is 13.9 Å². The normalized spacial score (nSPS) is 15.9. The van der Waals surface area contributed by atoms with E-state index in [9.17, 15) is 4.79 Å². The Bertz CT molecular complexity index is 962. The molecule has 3 aromatic rings. The van der Waals surface area contributed by atoms with E-state index in [0.29, 0.717) is 24.5 Å². The fraction of sp³-hybridized carbons (Fsp3) is 0.304. The van der Waals surface area contributed by atoms with Crippen LogP contribution in [-0.4, -0.2) is 54.0 Å². The van der Waals surface area contributed by atoms with Gasteiger partial charge in [-0.25, -0.2) is 4.98 Å². The summed E-state index contributed by atoms with van der Waals surface area (Å²) in [5, 5.41) is 0. The van der Waals surface area contributed by atoms with Gasteiger partial charge in [0, 0.05) is 43.3 Å². The number of amides is 1. The third-order valence-corrected chi connectivity index (χ3v) is 5.54. The topological polar surface area (TPSA) is 58.8 Å². The number of aromatic nitrogens is 1. The van der Waals surface area contributed by atoms with Crippen LogP contribution in [0.3, 0.4) is 0 Å². The molecule has 1 fully saturated rings. The first-order chi connectivity index (χ1) is 14.2. The van der Waals surface area contributed by atoms with Crippen LogP contribution in [0.2, 0.25) is 0 Å². The molecule has 29 heavy (non-hydrogen) atoms. The minimum Gasteiger partial charge on any atom is -0.496 e. The monoisotopic (exact) mass is 391 g/mol. The summed E-state index contributed by atoms with van der Waals surface area (Å²) in [5.41, 5.74) is 2.40. The molecular formula is C23H25N3O3. The van der Waals surface area contributed by atoms with Crippen molar-refractivity contribution in [2.24, 2.45) is 0 Å². The number of piperazine rings is 1. The highest BCUT2D eigenvalue weighted by Gasteiger charge is 2.29. The molecule has 2 heterocycles. The van der Waals surface area contributed by atoms with E-state index in [4.69, 9.17) is 9.15 Å². The standard InChI is InChI=1S/C23H25N3O3/c1-17(19-10-6-7-11-20(19)28-2)25-12-14-26(15-13-25)23(27)21-22(29-16-24-21)18-8-4-3-5-9-18/h3-11,16-17H,12-15H2,1-2H3/t17-/m1/s1. The highest BCUT2D eigenvalue weighted by atomic mass is 16.5. The second-order valence-electron chi connectivity index (χ2n) is 7.14. The third kappa shape index (κ3) is 3.89. The highest BCUT2D eigenvalue weighted by molar-refractivity contribution is 5.97. The minimum absolute atomic E-state index is 0.0813. The molecule has 1 amide bonds. The number of oxazole rings is 1. The maximum absolute atomic E-state index is 13.1. The predicted octanol–water partition coefficient (Wildman–Crippen LogP) is 3.87. The molecular weight excluding hydrogens is 366 g/mol. The van der Waals surface area contributed by atoms with Crippen LogP contribution in [0.4, 0.5) is 0 Å². The molecule has 6 heteroatoms. The van der Waals surface area contributed by atoms with E-state index in [-0.39, 0.29) is 11.9 Å². The Morgan fingerprint density at radius 1 is 1.03 bits per heavy atom. The summed E-state index contributed by atoms with van der Waals surface area (Å²) >= 11 is 0. The second kappa shape index (κ2) is 8.49. The van der Waals surface area contributed by atoms with E-state index in [0.717, 1.165) is 30.0 Å². The minimum atomic E-state index is -0.0813. The highest BCUT2D eigenvalue weighted by Crippen LogP contribution is 2.30. The number of methoxy groups -OCH3 is 1. The lowest BCUT2D eigenvalue weighted by atomic mass is 10.0. The zero-order chi connectivity index (χ0) is 20.2. The molecule has 0 saturated carbocycles. The van der Waals surface area contributed by atoms with Crippen LogP contribution >= 0.6 is 0 Å². The van der Waals surface area contributed by atoms with Crippen molar-refractivity contribution in [3.8, 4) is 17.1 Å². The molecule has 0 spiro atoms. The molecule has 0 aliphatic carbocycles. The van der Waals surface area contributed by atoms with E-state index in [1.165, 1.54) is 6.39 Å². The molecule has 1 saturated heterocycles. The van der Waals surface area contributed by atoms with Crippen LogP contribution in [-0.2, 0) is 0 Å². The SMILES string of the molecule is COc1ccccc1[C@@H](C)N1CCN(C(=O)c2ncoc2-c2ccccc2)CC1. The van der Waals surface area contributed by atoms with Gasteiger partial charge < -0.3 is 14.1 Å². The molecule has 1 aliphatic rings. The van der Waals surface area contributed by atoms with Crippen molar-refractivity contribution in [3.05, 3.63) is 72.2 Å². The Balaban J connectivity index is 1.44. The Hall–Kier alpha value is -3.12. The van der Waals surface area contributed by atoms with E-state index in [1.54, 1.807) is 7.11 Å². The average molecular weight is 391 g/mol. The van der Waals surface area contributed by atoms with Gasteiger partial charge in [-0.15, -0.1) is 0 Å². The maximum atomic E-state index is 13.1. The van der Waals surface area contributed by atoms with E-state index in [1.807, 2.05) is 53.4 Å². The molecule has 1 aromatic heterocycles. The number of nitrogens with zero attached hydrogens (tertiary/aromatic N) is 3. The summed E-state index contributed by atoms with van der Waals surface area (Å²) in [6.07, 6.45) is 1.34. The number of carbonyl (C=O) groups is 1. The molecule has 1 aliphatic heterocycles. The van der Waals surface area contributed by atoms with Crippen LogP contribution in [0, 0.1) is 0 Å². The smallest absolute Gasteiger partial charge is 0.276 e. The fourth-order valence-electron chi connectivity index (χ4n) is 3.86. The Morgan fingerprint density at radius 3 is 2.45 bits per heavy atom. The van der Waals surface area contributed by atoms with Crippen molar-refractivity contribution in [2.75, 3.05) is 33.3 Å². The lowest BCUT2D eigenvalue weighted by molar-refractivity contribution is 0.0575. The number of hydrogen-bond donors (Lipinski definition) is 0. The van der Waals surface area contributed by atoms with Crippen LogP contribution < -0.4 is 4.74 Å². The summed E-state index contributed by atoms with van der Waals surface area (Å²) in [7, 11) is 1.70. The zero-order valence-electron chi connectivity index (χ0n) is 16.7. The van der Waals surface area contributed by atoms with Gasteiger partial charge in [0.05, 0.1) is 7.11 Å². The summed E-state index contributed by atoms with van der Waals surface area (Å²) in [5.74, 6) is 1.34. The van der Waals surface area contributed by atoms with Gasteiger partial charge in [-0.05, 0) is 13.0 Å². The largest absolute Gasteiger partial charge is 0.496 e. The Morgan fingerprint density at radius 2 is 1.72 bits per heavy atom. The first-order valence-corrected chi connectivity index (χ1v) is 9.84. The molecule has 2 aromatic carbocycles. The Kier molecular flexibility index (Phi) is 5.62. The van der Waals surface area contributed by atoms with Gasteiger partial charge in [0.2, 0.25) is 0 Å². The average Bonchev–Trinajstić information content (AvgIpc) is 3.29. The number of rotatable bonds is 5. The molecule has 4 rings (SSSR count). The predicted molar refractivity (Wildman–Crippen MR) is 111 cm³/mol. The van der Waals surface area contributed by atoms with Gasteiger partial charge >= 0.3 is 0 Å². The summed E-state index contributed by atoms with van der Waals surface area (Å²) in [6.45, 7) is 5.08. The molecule has 0 unspecified atom stereocenters. The van der Waals surface area contributed by atoms with Crippen molar-refractivity contribution in [2.45, 2.75) is 13.0 Å². The number of para-hydroxylation sites is 1. The molecule has 0 bridgehead atoms. The number of benzene rings is 2. The second-order valence-corrected chi connectivity index (χ2v) is 7.14. The van der Waals surface area contributed by atoms with Crippen molar-refractivity contribution in [1.82, 2.24) is 14.8 Å². The summed E-state index contributed by atoms with van der Waals surface area (Å²) < 4.78 is 11.0. The van der Waals surface area contributed by atoms with Crippen LogP contribution in [0.15, 0.2) is 65.4 Å². The molecule has 0 N–H and O–H groups in total. The maximum Gasteiger partial charge on any atom is 0.276 e. The van der Waals surface area contributed by atoms with Crippen LogP contribution in [0.1, 0.15) is 29.0 Å². The van der Waals surface area contributed by atoms with Gasteiger partial charge in [0.1, 0.15) is 5.75 Å². The quantitative estimate of drug-likeness (QED) is 0.661. The Labute approximate surface area is 170 Å². The van der Waals surface area contributed by atoms with Crippen LogP contribution in [0.25, 0.3) is 11.3 Å². The number of ether oxygens (including phenoxy) is 1. The first kappa shape index (κ1) is 19.2. The molecule has 150 valence electrons. The van der Waals surface area contributed by atoms with Gasteiger partial charge in [0.25, 0.3) is 5.91 Å². The third-order valence-electron chi connectivity index (χ3n) is 5.54. The van der Waals surface area contributed by atoms with Gasteiger partial charge in [-0.2, -0.15) is 0 Å². The van der Waals surface area contributed by atoms with Gasteiger partial charge in [-0.1, -0.05) is 48.5 Å². The number of carbonyl (C=O) groups excluding carboxylic acids is 1. The molecule has 0 radical (unpaired) electrons. The van der Waals surface area contributed by atoms with Gasteiger partial charge in [0.15, 0.2) is 17.8 Å². The van der Waals surface area contributed by atoms with Crippen molar-refractivity contribution in [3.63, 3.8) is 0 Å². The summed E-state index contributed by atoms with van der Waals surface area (Å²) in [6, 6.07) is 17.9. The number of hydrogen-bond acceptors (Lipinski definition) is 5. The molecule has 1 atom stereocenters. The lowest BCUT2D eigenvalue weighted by Crippen LogP contribution is -2.49. The van der Waals surface area contributed by atoms with E-state index in [2.05, 4.69) is 22.9 Å². The summed E-state index contributed by atoms with van der Waals surface area (Å²) in [4.78, 5) is 21.5. The van der Waals surface area contributed by atoms with E-state index >= 15 is 0 Å². The van der Waals surface area contributed by atoms with Crippen molar-refractivity contribution >= 4 is 5.91 Å². The van der Waals surface area contributed by atoms with E-state index < -0.39 is 0 Å². The van der Waals surface area contributed by atoms with Crippen LogP contribution in [0.5, 0.6) is 5.75 Å². The fourth-order valence-corrected chi connectivity index (χ4v) is 3.86. The first-order valence-electron chi connectivity index (χ1n) is 9.84. The van der Waals surface area contributed by atoms with Crippen molar-refractivity contribution in [1.29, 1.82) is 0 Å². The van der Waals surface area contributed by atoms with Gasteiger partial charge in [-0.3, -0.25) is 9.69 Å². The molecule has 6 nitrogen and oxygen atoms in total.